The average Bonchev–Trinajstić information content (AvgIpc) is 2.97. The Labute approximate surface area is 131 Å². The lowest BCUT2D eigenvalue weighted by Crippen LogP contribution is -1.96. The molecule has 110 valence electrons. The molecule has 5 nitrogen and oxygen atoms in total. The molecule has 0 fully saturated rings. The van der Waals surface area contributed by atoms with Crippen molar-refractivity contribution < 1.29 is 4.42 Å². The third-order valence-electron chi connectivity index (χ3n) is 3.23. The summed E-state index contributed by atoms with van der Waals surface area (Å²) >= 11 is 7.82. The first-order valence-electron chi connectivity index (χ1n) is 6.57. The molecule has 0 atom stereocenters. The van der Waals surface area contributed by atoms with Crippen molar-refractivity contribution in [2.45, 2.75) is 24.3 Å². The normalized spacial score (nSPS) is 11.4. The minimum absolute atomic E-state index is 0.603. The highest BCUT2D eigenvalue weighted by Gasteiger charge is 2.15. The zero-order valence-electron chi connectivity index (χ0n) is 11.8. The van der Waals surface area contributed by atoms with Crippen LogP contribution in [0.15, 0.2) is 27.8 Å². The molecule has 1 aromatic carbocycles. The predicted molar refractivity (Wildman–Crippen MR) is 85.6 cm³/mol. The molecular formula is C14H15ClN4OS. The van der Waals surface area contributed by atoms with E-state index in [-0.39, 0.29) is 0 Å². The van der Waals surface area contributed by atoms with Crippen molar-refractivity contribution in [3.63, 3.8) is 0 Å². The number of nitrogens with two attached hydrogens (primary N) is 1. The van der Waals surface area contributed by atoms with Crippen molar-refractivity contribution in [2.75, 3.05) is 5.73 Å². The van der Waals surface area contributed by atoms with Gasteiger partial charge in [-0.3, -0.25) is 4.68 Å². The standard InChI is InChI=1S/C14H15ClN4OS/c1-3-9-13(15)11(19(2)18-9)7-21-14-17-10-6-8(16)4-5-12(10)20-14/h4-6H,3,7,16H2,1-2H3. The molecular weight excluding hydrogens is 308 g/mol. The van der Waals surface area contributed by atoms with E-state index in [4.69, 9.17) is 21.8 Å². The molecule has 3 rings (SSSR count). The highest BCUT2D eigenvalue weighted by molar-refractivity contribution is 7.98. The van der Waals surface area contributed by atoms with Gasteiger partial charge in [-0.1, -0.05) is 30.3 Å². The highest BCUT2D eigenvalue weighted by Crippen LogP contribution is 2.30. The van der Waals surface area contributed by atoms with Crippen LogP contribution in [-0.4, -0.2) is 14.8 Å². The van der Waals surface area contributed by atoms with Gasteiger partial charge < -0.3 is 10.2 Å². The molecule has 0 aliphatic rings. The smallest absolute Gasteiger partial charge is 0.257 e. The predicted octanol–water partition coefficient (Wildman–Crippen LogP) is 3.65. The molecule has 0 aliphatic heterocycles. The number of hydrogen-bond donors (Lipinski definition) is 1. The fourth-order valence-corrected chi connectivity index (χ4v) is 3.43. The molecule has 0 aliphatic carbocycles. The lowest BCUT2D eigenvalue weighted by atomic mass is 10.3. The van der Waals surface area contributed by atoms with E-state index in [9.17, 15) is 0 Å². The van der Waals surface area contributed by atoms with Crippen LogP contribution in [0.3, 0.4) is 0 Å². The summed E-state index contributed by atoms with van der Waals surface area (Å²) in [5.74, 6) is 0.657. The van der Waals surface area contributed by atoms with E-state index < -0.39 is 0 Å². The molecule has 0 amide bonds. The van der Waals surface area contributed by atoms with E-state index >= 15 is 0 Å². The molecule has 2 N–H and O–H groups in total. The Morgan fingerprint density at radius 2 is 2.24 bits per heavy atom. The van der Waals surface area contributed by atoms with Crippen molar-refractivity contribution in [2.24, 2.45) is 7.05 Å². The molecule has 2 heterocycles. The number of benzene rings is 1. The number of halogens is 1. The van der Waals surface area contributed by atoms with Gasteiger partial charge in [-0.25, -0.2) is 4.98 Å². The molecule has 2 aromatic heterocycles. The van der Waals surface area contributed by atoms with E-state index in [2.05, 4.69) is 10.1 Å². The minimum Gasteiger partial charge on any atom is -0.431 e. The molecule has 0 saturated carbocycles. The van der Waals surface area contributed by atoms with Crippen molar-refractivity contribution in [3.8, 4) is 0 Å². The summed E-state index contributed by atoms with van der Waals surface area (Å²) in [6.45, 7) is 2.04. The Kier molecular flexibility index (Phi) is 3.82. The number of aromatic nitrogens is 3. The SMILES string of the molecule is CCc1nn(C)c(CSc2nc3cc(N)ccc3o2)c1Cl. The number of thioether (sulfide) groups is 1. The Bertz CT molecular complexity index is 796. The van der Waals surface area contributed by atoms with Gasteiger partial charge in [0.25, 0.3) is 5.22 Å². The van der Waals surface area contributed by atoms with Gasteiger partial charge in [0.15, 0.2) is 5.58 Å². The third-order valence-corrected chi connectivity index (χ3v) is 4.50. The van der Waals surface area contributed by atoms with Crippen LogP contribution in [0.2, 0.25) is 5.02 Å². The van der Waals surface area contributed by atoms with Crippen LogP contribution in [0, 0.1) is 0 Å². The largest absolute Gasteiger partial charge is 0.431 e. The first-order valence-corrected chi connectivity index (χ1v) is 7.94. The Morgan fingerprint density at radius 3 is 2.95 bits per heavy atom. The van der Waals surface area contributed by atoms with Gasteiger partial charge in [-0.2, -0.15) is 5.10 Å². The summed E-state index contributed by atoms with van der Waals surface area (Å²) in [5, 5.41) is 5.73. The van der Waals surface area contributed by atoms with Crippen LogP contribution in [0.4, 0.5) is 5.69 Å². The molecule has 0 saturated heterocycles. The van der Waals surface area contributed by atoms with Crippen molar-refractivity contribution in [1.29, 1.82) is 0 Å². The van der Waals surface area contributed by atoms with Gasteiger partial charge in [0.05, 0.1) is 16.4 Å². The zero-order chi connectivity index (χ0) is 15.0. The van der Waals surface area contributed by atoms with E-state index in [1.165, 1.54) is 11.8 Å². The van der Waals surface area contributed by atoms with Gasteiger partial charge in [0.2, 0.25) is 0 Å². The number of nitrogens with zero attached hydrogens (tertiary/aromatic N) is 3. The maximum atomic E-state index is 6.33. The fraction of sp³-hybridized carbons (Fsp3) is 0.286. The van der Waals surface area contributed by atoms with Crippen molar-refractivity contribution >= 4 is 40.1 Å². The first kappa shape index (κ1) is 14.3. The second-order valence-corrected chi connectivity index (χ2v) is 5.98. The molecule has 7 heteroatoms. The summed E-state index contributed by atoms with van der Waals surface area (Å²) in [6, 6.07) is 5.43. The van der Waals surface area contributed by atoms with E-state index in [1.54, 1.807) is 12.1 Å². The van der Waals surface area contributed by atoms with Crippen LogP contribution in [-0.2, 0) is 19.2 Å². The quantitative estimate of drug-likeness (QED) is 0.586. The Morgan fingerprint density at radius 1 is 1.43 bits per heavy atom. The van der Waals surface area contributed by atoms with Crippen LogP contribution in [0.5, 0.6) is 0 Å². The topological polar surface area (TPSA) is 69.9 Å². The number of hydrogen-bond acceptors (Lipinski definition) is 5. The summed E-state index contributed by atoms with van der Waals surface area (Å²) in [7, 11) is 1.90. The summed E-state index contributed by atoms with van der Waals surface area (Å²) in [6.07, 6.45) is 0.819. The molecule has 0 bridgehead atoms. The summed E-state index contributed by atoms with van der Waals surface area (Å²) in [4.78, 5) is 4.42. The number of nitrogen functional groups attached to an aromatic ring is 1. The summed E-state index contributed by atoms with van der Waals surface area (Å²) < 4.78 is 7.50. The molecule has 3 aromatic rings. The third kappa shape index (κ3) is 2.73. The Balaban J connectivity index is 1.81. The fourth-order valence-electron chi connectivity index (χ4n) is 2.09. The van der Waals surface area contributed by atoms with E-state index in [0.29, 0.717) is 16.7 Å². The average molecular weight is 323 g/mol. The van der Waals surface area contributed by atoms with Gasteiger partial charge >= 0.3 is 0 Å². The van der Waals surface area contributed by atoms with Gasteiger partial charge in [-0.15, -0.1) is 0 Å². The van der Waals surface area contributed by atoms with Gasteiger partial charge in [0, 0.05) is 18.5 Å². The number of aryl methyl sites for hydroxylation is 2. The van der Waals surface area contributed by atoms with Gasteiger partial charge in [-0.05, 0) is 24.6 Å². The molecule has 0 unspecified atom stereocenters. The number of rotatable bonds is 4. The molecule has 0 spiro atoms. The zero-order valence-corrected chi connectivity index (χ0v) is 13.3. The second-order valence-electron chi connectivity index (χ2n) is 4.68. The molecule has 0 radical (unpaired) electrons. The van der Waals surface area contributed by atoms with Crippen LogP contribution in [0.1, 0.15) is 18.3 Å². The monoisotopic (exact) mass is 322 g/mol. The minimum atomic E-state index is 0.603. The lowest BCUT2D eigenvalue weighted by molar-refractivity contribution is 0.489. The lowest BCUT2D eigenvalue weighted by Gasteiger charge is -1.99. The first-order chi connectivity index (χ1) is 10.1. The van der Waals surface area contributed by atoms with Crippen molar-refractivity contribution in [1.82, 2.24) is 14.8 Å². The highest BCUT2D eigenvalue weighted by atomic mass is 35.5. The summed E-state index contributed by atoms with van der Waals surface area (Å²) in [5.41, 5.74) is 9.80. The maximum absolute atomic E-state index is 6.33. The number of fused-ring (bicyclic) bond motifs is 1. The van der Waals surface area contributed by atoms with E-state index in [0.717, 1.165) is 33.9 Å². The van der Waals surface area contributed by atoms with E-state index in [1.807, 2.05) is 24.7 Å². The number of oxazole rings is 1. The second kappa shape index (κ2) is 5.61. The van der Waals surface area contributed by atoms with Crippen LogP contribution in [0.25, 0.3) is 11.1 Å². The number of anilines is 1. The van der Waals surface area contributed by atoms with Crippen LogP contribution < -0.4 is 5.73 Å². The van der Waals surface area contributed by atoms with Crippen LogP contribution >= 0.6 is 23.4 Å². The maximum Gasteiger partial charge on any atom is 0.257 e. The molecule has 21 heavy (non-hydrogen) atoms. The van der Waals surface area contributed by atoms with Crippen molar-refractivity contribution in [3.05, 3.63) is 34.6 Å². The Hall–Kier alpha value is -1.66. The van der Waals surface area contributed by atoms with Gasteiger partial charge in [0.1, 0.15) is 5.52 Å².